The fourth-order valence-electron chi connectivity index (χ4n) is 1.59. The fourth-order valence-corrected chi connectivity index (χ4v) is 2.51. The maximum absolute atomic E-state index is 12.0. The van der Waals surface area contributed by atoms with Gasteiger partial charge < -0.3 is 10.6 Å². The minimum atomic E-state index is -3.96. The smallest absolute Gasteiger partial charge is 0.329 e. The van der Waals surface area contributed by atoms with Crippen LogP contribution in [0.25, 0.3) is 0 Å². The lowest BCUT2D eigenvalue weighted by molar-refractivity contribution is -0.122. The van der Waals surface area contributed by atoms with E-state index in [0.29, 0.717) is 6.54 Å². The summed E-state index contributed by atoms with van der Waals surface area (Å²) in [5.74, 6) is -0.371. The molecule has 122 valence electrons. The zero-order valence-corrected chi connectivity index (χ0v) is 13.7. The van der Waals surface area contributed by atoms with E-state index in [0.717, 1.165) is 12.0 Å². The Kier molecular flexibility index (Phi) is 6.36. The summed E-state index contributed by atoms with van der Waals surface area (Å²) < 4.78 is 25.9. The summed E-state index contributed by atoms with van der Waals surface area (Å²) in [6, 6.07) is 4.30. The Bertz CT molecular complexity index is 626. The predicted molar refractivity (Wildman–Crippen MR) is 82.8 cm³/mol. The van der Waals surface area contributed by atoms with Crippen LogP contribution in [-0.4, -0.2) is 32.9 Å². The zero-order valence-electron chi connectivity index (χ0n) is 12.8. The SMILES string of the molecule is CCCNC(=O)[C@@H](C)NC(=O)NS(=O)(=O)c1ccc(C)cc1. The minimum absolute atomic E-state index is 0.0173. The molecular weight excluding hydrogens is 306 g/mol. The normalized spacial score (nSPS) is 12.3. The number of rotatable bonds is 6. The highest BCUT2D eigenvalue weighted by atomic mass is 32.2. The third-order valence-electron chi connectivity index (χ3n) is 2.85. The van der Waals surface area contributed by atoms with Crippen LogP contribution in [0.3, 0.4) is 0 Å². The van der Waals surface area contributed by atoms with Crippen LogP contribution < -0.4 is 15.4 Å². The van der Waals surface area contributed by atoms with Gasteiger partial charge in [-0.3, -0.25) is 4.79 Å². The summed E-state index contributed by atoms with van der Waals surface area (Å²) in [6.45, 7) is 5.70. The van der Waals surface area contributed by atoms with Gasteiger partial charge in [0.2, 0.25) is 5.91 Å². The lowest BCUT2D eigenvalue weighted by Crippen LogP contribution is -2.49. The molecule has 0 aromatic heterocycles. The third-order valence-corrected chi connectivity index (χ3v) is 4.20. The van der Waals surface area contributed by atoms with Gasteiger partial charge in [-0.2, -0.15) is 0 Å². The standard InChI is InChI=1S/C14H21N3O4S/c1-4-9-15-13(18)11(3)16-14(19)17-22(20,21)12-7-5-10(2)6-8-12/h5-8,11H,4,9H2,1-3H3,(H,15,18)(H2,16,17,19)/t11-/m1/s1. The van der Waals surface area contributed by atoms with E-state index in [1.165, 1.54) is 19.1 Å². The molecule has 0 heterocycles. The first-order chi connectivity index (χ1) is 10.3. The van der Waals surface area contributed by atoms with E-state index in [4.69, 9.17) is 0 Å². The molecule has 22 heavy (non-hydrogen) atoms. The first-order valence-corrected chi connectivity index (χ1v) is 8.42. The molecular formula is C14H21N3O4S. The number of nitrogens with one attached hydrogen (secondary N) is 3. The number of hydrogen-bond acceptors (Lipinski definition) is 4. The second-order valence-electron chi connectivity index (χ2n) is 4.90. The Morgan fingerprint density at radius 2 is 1.77 bits per heavy atom. The number of sulfonamides is 1. The van der Waals surface area contributed by atoms with Gasteiger partial charge >= 0.3 is 6.03 Å². The van der Waals surface area contributed by atoms with Crippen LogP contribution in [0, 0.1) is 6.92 Å². The minimum Gasteiger partial charge on any atom is -0.354 e. The molecule has 0 saturated heterocycles. The first kappa shape index (κ1) is 18.0. The Hall–Kier alpha value is -2.09. The van der Waals surface area contributed by atoms with Crippen LogP contribution in [0.1, 0.15) is 25.8 Å². The molecule has 0 spiro atoms. The zero-order chi connectivity index (χ0) is 16.8. The molecule has 0 saturated carbocycles. The Balaban J connectivity index is 2.64. The van der Waals surface area contributed by atoms with Crippen LogP contribution >= 0.6 is 0 Å². The molecule has 1 aromatic carbocycles. The molecule has 3 amide bonds. The topological polar surface area (TPSA) is 104 Å². The van der Waals surface area contributed by atoms with Crippen LogP contribution in [0.4, 0.5) is 4.79 Å². The highest BCUT2D eigenvalue weighted by molar-refractivity contribution is 7.90. The Morgan fingerprint density at radius 1 is 1.18 bits per heavy atom. The van der Waals surface area contributed by atoms with E-state index in [9.17, 15) is 18.0 Å². The fraction of sp³-hybridized carbons (Fsp3) is 0.429. The molecule has 0 aliphatic carbocycles. The van der Waals surface area contributed by atoms with Crippen molar-refractivity contribution in [2.24, 2.45) is 0 Å². The van der Waals surface area contributed by atoms with Crippen molar-refractivity contribution in [3.63, 3.8) is 0 Å². The summed E-state index contributed by atoms with van der Waals surface area (Å²) in [6.07, 6.45) is 0.770. The predicted octanol–water partition coefficient (Wildman–Crippen LogP) is 0.898. The van der Waals surface area contributed by atoms with E-state index in [1.54, 1.807) is 12.1 Å². The van der Waals surface area contributed by atoms with Gasteiger partial charge in [0.25, 0.3) is 10.0 Å². The molecule has 0 fully saturated rings. The highest BCUT2D eigenvalue weighted by Gasteiger charge is 2.20. The molecule has 0 bridgehead atoms. The lowest BCUT2D eigenvalue weighted by atomic mass is 10.2. The van der Waals surface area contributed by atoms with Gasteiger partial charge in [-0.1, -0.05) is 24.6 Å². The number of aryl methyl sites for hydroxylation is 1. The molecule has 0 aliphatic rings. The summed E-state index contributed by atoms with van der Waals surface area (Å²) in [4.78, 5) is 23.3. The van der Waals surface area contributed by atoms with E-state index in [2.05, 4.69) is 10.6 Å². The first-order valence-electron chi connectivity index (χ1n) is 6.94. The van der Waals surface area contributed by atoms with Crippen molar-refractivity contribution in [3.8, 4) is 0 Å². The van der Waals surface area contributed by atoms with Gasteiger partial charge in [-0.25, -0.2) is 17.9 Å². The quantitative estimate of drug-likeness (QED) is 0.722. The van der Waals surface area contributed by atoms with Crippen LogP contribution in [0.2, 0.25) is 0 Å². The summed E-state index contributed by atoms with van der Waals surface area (Å²) in [7, 11) is -3.96. The molecule has 1 rings (SSSR count). The number of carbonyl (C=O) groups excluding carboxylic acids is 2. The average Bonchev–Trinajstić information content (AvgIpc) is 2.44. The van der Waals surface area contributed by atoms with Gasteiger partial charge in [0.15, 0.2) is 0 Å². The Labute approximate surface area is 130 Å². The molecule has 1 atom stereocenters. The molecule has 0 unspecified atom stereocenters. The van der Waals surface area contributed by atoms with Crippen LogP contribution in [-0.2, 0) is 14.8 Å². The molecule has 8 heteroatoms. The van der Waals surface area contributed by atoms with Gasteiger partial charge in [0.05, 0.1) is 4.90 Å². The van der Waals surface area contributed by atoms with Crippen molar-refractivity contribution in [1.29, 1.82) is 0 Å². The van der Waals surface area contributed by atoms with E-state index in [-0.39, 0.29) is 10.8 Å². The van der Waals surface area contributed by atoms with Crippen molar-refractivity contribution >= 4 is 22.0 Å². The monoisotopic (exact) mass is 327 g/mol. The Morgan fingerprint density at radius 3 is 2.32 bits per heavy atom. The number of amides is 3. The average molecular weight is 327 g/mol. The van der Waals surface area contributed by atoms with Crippen molar-refractivity contribution in [1.82, 2.24) is 15.4 Å². The maximum atomic E-state index is 12.0. The van der Waals surface area contributed by atoms with Gasteiger partial charge in [-0.15, -0.1) is 0 Å². The lowest BCUT2D eigenvalue weighted by Gasteiger charge is -2.14. The second-order valence-corrected chi connectivity index (χ2v) is 6.59. The van der Waals surface area contributed by atoms with Crippen molar-refractivity contribution in [2.75, 3.05) is 6.54 Å². The summed E-state index contributed by atoms with van der Waals surface area (Å²) >= 11 is 0. The summed E-state index contributed by atoms with van der Waals surface area (Å²) in [5.41, 5.74) is 0.907. The van der Waals surface area contributed by atoms with E-state index in [1.807, 2.05) is 18.6 Å². The third kappa shape index (κ3) is 5.36. The summed E-state index contributed by atoms with van der Waals surface area (Å²) in [5, 5.41) is 4.89. The molecule has 7 nitrogen and oxygen atoms in total. The second kappa shape index (κ2) is 7.79. The number of carbonyl (C=O) groups is 2. The number of benzene rings is 1. The van der Waals surface area contributed by atoms with Crippen molar-refractivity contribution in [3.05, 3.63) is 29.8 Å². The van der Waals surface area contributed by atoms with Crippen molar-refractivity contribution < 1.29 is 18.0 Å². The van der Waals surface area contributed by atoms with Crippen molar-refractivity contribution in [2.45, 2.75) is 38.1 Å². The van der Waals surface area contributed by atoms with Crippen LogP contribution in [0.15, 0.2) is 29.2 Å². The number of urea groups is 1. The highest BCUT2D eigenvalue weighted by Crippen LogP contribution is 2.09. The number of hydrogen-bond donors (Lipinski definition) is 3. The molecule has 3 N–H and O–H groups in total. The van der Waals surface area contributed by atoms with E-state index >= 15 is 0 Å². The van der Waals surface area contributed by atoms with Crippen LogP contribution in [0.5, 0.6) is 0 Å². The van der Waals surface area contributed by atoms with E-state index < -0.39 is 22.1 Å². The van der Waals surface area contributed by atoms with Gasteiger partial charge in [0.1, 0.15) is 6.04 Å². The maximum Gasteiger partial charge on any atom is 0.329 e. The van der Waals surface area contributed by atoms with Gasteiger partial charge in [-0.05, 0) is 32.4 Å². The molecule has 0 radical (unpaired) electrons. The molecule has 1 aromatic rings. The van der Waals surface area contributed by atoms with Gasteiger partial charge in [0, 0.05) is 6.54 Å². The largest absolute Gasteiger partial charge is 0.354 e. The molecule has 0 aliphatic heterocycles.